The minimum absolute atomic E-state index is 0. The highest BCUT2D eigenvalue weighted by atomic mass is 35.5. The van der Waals surface area contributed by atoms with E-state index >= 15 is 0 Å². The van der Waals surface area contributed by atoms with Crippen LogP contribution in [0.3, 0.4) is 0 Å². The fourth-order valence-corrected chi connectivity index (χ4v) is 0.473. The molecule has 3 nitrogen and oxygen atoms in total. The summed E-state index contributed by atoms with van der Waals surface area (Å²) in [6, 6.07) is -1.47. The molecule has 0 heterocycles. The number of alkyl halides is 2. The summed E-state index contributed by atoms with van der Waals surface area (Å²) in [7, 11) is 0. The van der Waals surface area contributed by atoms with Crippen LogP contribution in [0.5, 0.6) is 0 Å². The third-order valence-electron chi connectivity index (χ3n) is 0.896. The third kappa shape index (κ3) is 7.48. The van der Waals surface area contributed by atoms with E-state index in [-0.39, 0.29) is 12.4 Å². The van der Waals surface area contributed by atoms with Crippen molar-refractivity contribution in [3.8, 4) is 0 Å². The van der Waals surface area contributed by atoms with E-state index < -0.39 is 24.4 Å². The quantitative estimate of drug-likeness (QED) is 0.692. The Morgan fingerprint density at radius 1 is 1.73 bits per heavy atom. The lowest BCUT2D eigenvalue weighted by Crippen LogP contribution is -2.35. The first-order chi connectivity index (χ1) is 4.33. The molecule has 0 aromatic rings. The first kappa shape index (κ1) is 13.2. The second kappa shape index (κ2) is 4.46. The minimum Gasteiger partial charge on any atom is -0.480 e. The van der Waals surface area contributed by atoms with E-state index in [1.807, 2.05) is 0 Å². The molecule has 0 saturated heterocycles. The highest BCUT2D eigenvalue weighted by molar-refractivity contribution is 5.85. The number of carbonyl (C=O) groups is 1. The van der Waals surface area contributed by atoms with E-state index in [4.69, 9.17) is 10.8 Å². The van der Waals surface area contributed by atoms with Gasteiger partial charge in [0.25, 0.3) is 0 Å². The number of nitrogens with two attached hydrogens (primary N) is 1. The molecular weight excluding hydrogens is 180 g/mol. The molecular formula is C5H10ClF2NO2. The second-order valence-electron chi connectivity index (χ2n) is 2.22. The van der Waals surface area contributed by atoms with Crippen molar-refractivity contribution in [3.63, 3.8) is 0 Å². The number of hydrogen-bond donors (Lipinski definition) is 2. The topological polar surface area (TPSA) is 63.3 Å². The fourth-order valence-electron chi connectivity index (χ4n) is 0.473. The molecule has 11 heavy (non-hydrogen) atoms. The summed E-state index contributed by atoms with van der Waals surface area (Å²) in [4.78, 5) is 9.92. The first-order valence-corrected chi connectivity index (χ1v) is 2.69. The van der Waals surface area contributed by atoms with Gasteiger partial charge in [0.2, 0.25) is 5.92 Å². The average molecular weight is 190 g/mol. The molecule has 0 aliphatic rings. The van der Waals surface area contributed by atoms with Gasteiger partial charge in [-0.3, -0.25) is 4.79 Å². The Balaban J connectivity index is 0. The lowest BCUT2D eigenvalue weighted by molar-refractivity contribution is -0.140. The number of hydrogen-bond acceptors (Lipinski definition) is 2. The summed E-state index contributed by atoms with van der Waals surface area (Å²) < 4.78 is 24.0. The molecule has 0 aromatic carbocycles. The van der Waals surface area contributed by atoms with Gasteiger partial charge in [-0.2, -0.15) is 0 Å². The molecule has 0 radical (unpaired) electrons. The van der Waals surface area contributed by atoms with Gasteiger partial charge in [-0.15, -0.1) is 12.4 Å². The lowest BCUT2D eigenvalue weighted by atomic mass is 10.1. The van der Waals surface area contributed by atoms with Crippen LogP contribution >= 0.6 is 12.4 Å². The van der Waals surface area contributed by atoms with E-state index in [9.17, 15) is 13.6 Å². The summed E-state index contributed by atoms with van der Waals surface area (Å²) in [6.07, 6.45) is -0.817. The fraction of sp³-hybridized carbons (Fsp3) is 0.800. The predicted molar refractivity (Wildman–Crippen MR) is 38.1 cm³/mol. The van der Waals surface area contributed by atoms with Crippen LogP contribution in [0.1, 0.15) is 13.3 Å². The van der Waals surface area contributed by atoms with Crippen LogP contribution in [-0.4, -0.2) is 23.0 Å². The van der Waals surface area contributed by atoms with Crippen molar-refractivity contribution in [2.75, 3.05) is 0 Å². The van der Waals surface area contributed by atoms with E-state index in [0.717, 1.165) is 0 Å². The van der Waals surface area contributed by atoms with Gasteiger partial charge in [0.1, 0.15) is 6.04 Å². The van der Waals surface area contributed by atoms with Crippen molar-refractivity contribution in [1.29, 1.82) is 0 Å². The Kier molecular flexibility index (Phi) is 5.34. The molecule has 6 heteroatoms. The van der Waals surface area contributed by atoms with E-state index in [2.05, 4.69) is 0 Å². The van der Waals surface area contributed by atoms with Gasteiger partial charge in [-0.05, 0) is 6.92 Å². The van der Waals surface area contributed by atoms with Crippen molar-refractivity contribution in [2.45, 2.75) is 25.3 Å². The summed E-state index contributed by atoms with van der Waals surface area (Å²) in [5, 5.41) is 8.09. The molecule has 1 unspecified atom stereocenters. The highest BCUT2D eigenvalue weighted by Gasteiger charge is 2.28. The van der Waals surface area contributed by atoms with E-state index in [1.54, 1.807) is 0 Å². The molecule has 0 amide bonds. The molecule has 0 spiro atoms. The zero-order valence-electron chi connectivity index (χ0n) is 5.88. The summed E-state index contributed by atoms with van der Waals surface area (Å²) in [5.74, 6) is -4.40. The van der Waals surface area contributed by atoms with Crippen LogP contribution in [0.15, 0.2) is 0 Å². The van der Waals surface area contributed by atoms with Gasteiger partial charge in [0.15, 0.2) is 0 Å². The maximum absolute atomic E-state index is 12.0. The SMILES string of the molecule is CC(F)(F)CC(N)C(=O)O.Cl. The van der Waals surface area contributed by atoms with Crippen molar-refractivity contribution in [3.05, 3.63) is 0 Å². The molecule has 0 aliphatic heterocycles. The van der Waals surface area contributed by atoms with Gasteiger partial charge in [0.05, 0.1) is 0 Å². The second-order valence-corrected chi connectivity index (χ2v) is 2.22. The maximum Gasteiger partial charge on any atom is 0.320 e. The van der Waals surface area contributed by atoms with Gasteiger partial charge < -0.3 is 10.8 Å². The number of aliphatic carboxylic acids is 1. The van der Waals surface area contributed by atoms with Crippen LogP contribution < -0.4 is 5.73 Å². The third-order valence-corrected chi connectivity index (χ3v) is 0.896. The van der Waals surface area contributed by atoms with Gasteiger partial charge in [0, 0.05) is 6.42 Å². The molecule has 0 aromatic heterocycles. The summed E-state index contributed by atoms with van der Waals surface area (Å²) >= 11 is 0. The average Bonchev–Trinajstić information content (AvgIpc) is 1.60. The molecule has 0 fully saturated rings. The van der Waals surface area contributed by atoms with Crippen LogP contribution in [-0.2, 0) is 4.79 Å². The highest BCUT2D eigenvalue weighted by Crippen LogP contribution is 2.17. The van der Waals surface area contributed by atoms with Crippen molar-refractivity contribution < 1.29 is 18.7 Å². The molecule has 0 rings (SSSR count). The van der Waals surface area contributed by atoms with Crippen molar-refractivity contribution >= 4 is 18.4 Å². The maximum atomic E-state index is 12.0. The largest absolute Gasteiger partial charge is 0.480 e. The molecule has 3 N–H and O–H groups in total. The monoisotopic (exact) mass is 189 g/mol. The van der Waals surface area contributed by atoms with Gasteiger partial charge in [-0.25, -0.2) is 8.78 Å². The van der Waals surface area contributed by atoms with Crippen LogP contribution in [0.4, 0.5) is 8.78 Å². The van der Waals surface area contributed by atoms with Gasteiger partial charge in [-0.1, -0.05) is 0 Å². The molecule has 0 saturated carbocycles. The smallest absolute Gasteiger partial charge is 0.320 e. The number of carboxylic acids is 1. The number of rotatable bonds is 3. The minimum atomic E-state index is -3.00. The van der Waals surface area contributed by atoms with Crippen LogP contribution in [0.2, 0.25) is 0 Å². The Bertz CT molecular complexity index is 137. The predicted octanol–water partition coefficient (Wildman–Crippen LogP) is 0.865. The Morgan fingerprint density at radius 2 is 2.09 bits per heavy atom. The summed E-state index contributed by atoms with van der Waals surface area (Å²) in [6.45, 7) is 0.635. The number of carboxylic acid groups (broad SMARTS) is 1. The lowest BCUT2D eigenvalue weighted by Gasteiger charge is -2.12. The molecule has 0 aliphatic carbocycles. The van der Waals surface area contributed by atoms with Gasteiger partial charge >= 0.3 is 5.97 Å². The Labute approximate surface area is 69.0 Å². The Morgan fingerprint density at radius 3 is 2.18 bits per heavy atom. The normalized spacial score (nSPS) is 13.5. The summed E-state index contributed by atoms with van der Waals surface area (Å²) in [5.41, 5.74) is 4.82. The first-order valence-electron chi connectivity index (χ1n) is 2.69. The van der Waals surface area contributed by atoms with E-state index in [0.29, 0.717) is 6.92 Å². The Hall–Kier alpha value is -0.420. The zero-order valence-corrected chi connectivity index (χ0v) is 6.70. The molecule has 0 bridgehead atoms. The molecule has 1 atom stereocenters. The van der Waals surface area contributed by atoms with Crippen molar-refractivity contribution in [1.82, 2.24) is 0 Å². The molecule has 68 valence electrons. The van der Waals surface area contributed by atoms with Crippen LogP contribution in [0, 0.1) is 0 Å². The number of halogens is 3. The standard InChI is InChI=1S/C5H9F2NO2.ClH/c1-5(6,7)2-3(8)4(9)10;/h3H,2,8H2,1H3,(H,9,10);1H. The van der Waals surface area contributed by atoms with E-state index in [1.165, 1.54) is 0 Å². The van der Waals surface area contributed by atoms with Crippen molar-refractivity contribution in [2.24, 2.45) is 5.73 Å². The zero-order chi connectivity index (χ0) is 8.36. The van der Waals surface area contributed by atoms with Crippen LogP contribution in [0.25, 0.3) is 0 Å².